The number of rotatable bonds is 3. The van der Waals surface area contributed by atoms with E-state index in [-0.39, 0.29) is 12.5 Å². The third-order valence-electron chi connectivity index (χ3n) is 2.34. The van der Waals surface area contributed by atoms with E-state index >= 15 is 0 Å². The Labute approximate surface area is 92.1 Å². The van der Waals surface area contributed by atoms with Gasteiger partial charge in [0.15, 0.2) is 0 Å². The first-order valence-electron chi connectivity index (χ1n) is 4.87. The number of amides is 1. The lowest BCUT2D eigenvalue weighted by molar-refractivity contribution is 0.0769. The number of hydrogen-bond acceptors (Lipinski definition) is 4. The van der Waals surface area contributed by atoms with E-state index in [0.29, 0.717) is 17.6 Å². The summed E-state index contributed by atoms with van der Waals surface area (Å²) in [5.41, 5.74) is 1.15. The van der Waals surface area contributed by atoms with Crippen molar-refractivity contribution in [1.82, 2.24) is 19.5 Å². The average molecular weight is 220 g/mol. The lowest BCUT2D eigenvalue weighted by Gasteiger charge is -2.14. The summed E-state index contributed by atoms with van der Waals surface area (Å²) in [6, 6.07) is 0. The Bertz CT molecular complexity index is 508. The first-order chi connectivity index (χ1) is 7.74. The van der Waals surface area contributed by atoms with Crippen molar-refractivity contribution in [2.45, 2.75) is 0 Å². The molecule has 1 N–H and O–H groups in total. The molecule has 2 rings (SSSR count). The first-order valence-corrected chi connectivity index (χ1v) is 4.87. The molecule has 0 radical (unpaired) electrons. The lowest BCUT2D eigenvalue weighted by Crippen LogP contribution is -2.29. The molecule has 0 aliphatic rings. The number of carbonyl (C=O) groups excluding carboxylic acids is 1. The van der Waals surface area contributed by atoms with Crippen LogP contribution in [0.15, 0.2) is 24.8 Å². The van der Waals surface area contributed by atoms with Crippen LogP contribution in [0.3, 0.4) is 0 Å². The first kappa shape index (κ1) is 10.6. The second-order valence-electron chi connectivity index (χ2n) is 3.41. The summed E-state index contributed by atoms with van der Waals surface area (Å²) >= 11 is 0. The Morgan fingerprint density at radius 1 is 1.56 bits per heavy atom. The van der Waals surface area contributed by atoms with Crippen LogP contribution in [0.2, 0.25) is 0 Å². The smallest absolute Gasteiger partial charge is 0.257 e. The number of hydrogen-bond donors (Lipinski definition) is 1. The molecule has 0 bridgehead atoms. The number of aromatic nitrogens is 3. The van der Waals surface area contributed by atoms with Crippen molar-refractivity contribution in [1.29, 1.82) is 0 Å². The maximum atomic E-state index is 11.9. The summed E-state index contributed by atoms with van der Waals surface area (Å²) in [5.74, 6) is -0.169. The van der Waals surface area contributed by atoms with Gasteiger partial charge in [0.05, 0.1) is 30.1 Å². The van der Waals surface area contributed by atoms with Gasteiger partial charge < -0.3 is 10.0 Å². The van der Waals surface area contributed by atoms with Gasteiger partial charge in [0.1, 0.15) is 0 Å². The van der Waals surface area contributed by atoms with Crippen LogP contribution in [0.4, 0.5) is 0 Å². The second-order valence-corrected chi connectivity index (χ2v) is 3.41. The number of likely N-dealkylation sites (N-methyl/N-ethyl adjacent to an activating group) is 1. The molecule has 0 aliphatic carbocycles. The quantitative estimate of drug-likeness (QED) is 0.777. The highest BCUT2D eigenvalue weighted by Crippen LogP contribution is 2.10. The van der Waals surface area contributed by atoms with Gasteiger partial charge in [0, 0.05) is 26.0 Å². The maximum Gasteiger partial charge on any atom is 0.257 e. The zero-order valence-electron chi connectivity index (χ0n) is 8.87. The van der Waals surface area contributed by atoms with Gasteiger partial charge in [-0.2, -0.15) is 5.10 Å². The molecule has 0 spiro atoms. The summed E-state index contributed by atoms with van der Waals surface area (Å²) < 4.78 is 1.59. The van der Waals surface area contributed by atoms with Gasteiger partial charge in [0.25, 0.3) is 5.91 Å². The number of aliphatic hydroxyl groups excluding tert-OH is 1. The Morgan fingerprint density at radius 3 is 3.12 bits per heavy atom. The molecule has 0 atom stereocenters. The molecule has 6 heteroatoms. The zero-order chi connectivity index (χ0) is 11.5. The van der Waals surface area contributed by atoms with Gasteiger partial charge in [-0.15, -0.1) is 0 Å². The fourth-order valence-corrected chi connectivity index (χ4v) is 1.46. The van der Waals surface area contributed by atoms with E-state index in [4.69, 9.17) is 5.11 Å². The van der Waals surface area contributed by atoms with Crippen molar-refractivity contribution >= 4 is 11.4 Å². The van der Waals surface area contributed by atoms with Crippen LogP contribution >= 0.6 is 0 Å². The second kappa shape index (κ2) is 4.28. The van der Waals surface area contributed by atoms with Crippen LogP contribution < -0.4 is 0 Å². The molecule has 0 aromatic carbocycles. The molecule has 0 saturated heterocycles. The Balaban J connectivity index is 2.36. The van der Waals surface area contributed by atoms with Crippen molar-refractivity contribution in [3.63, 3.8) is 0 Å². The van der Waals surface area contributed by atoms with Crippen molar-refractivity contribution in [3.05, 3.63) is 30.4 Å². The van der Waals surface area contributed by atoms with Crippen molar-refractivity contribution in [2.75, 3.05) is 20.2 Å². The summed E-state index contributed by atoms with van der Waals surface area (Å²) in [6.07, 6.45) is 6.38. The molecular weight excluding hydrogens is 208 g/mol. The van der Waals surface area contributed by atoms with Crippen LogP contribution in [0.5, 0.6) is 0 Å². The highest BCUT2D eigenvalue weighted by atomic mass is 16.3. The van der Waals surface area contributed by atoms with Gasteiger partial charge in [-0.25, -0.2) is 4.52 Å². The normalized spacial score (nSPS) is 10.6. The van der Waals surface area contributed by atoms with Crippen LogP contribution in [0.1, 0.15) is 10.4 Å². The van der Waals surface area contributed by atoms with Crippen LogP contribution in [0, 0.1) is 0 Å². The summed E-state index contributed by atoms with van der Waals surface area (Å²) in [6.45, 7) is 0.246. The van der Waals surface area contributed by atoms with E-state index in [2.05, 4.69) is 10.1 Å². The molecule has 0 saturated carbocycles. The van der Waals surface area contributed by atoms with Crippen LogP contribution in [-0.2, 0) is 0 Å². The SMILES string of the molecule is CN(CCO)C(=O)c1cnn2ccncc12. The van der Waals surface area contributed by atoms with Gasteiger partial charge >= 0.3 is 0 Å². The predicted octanol–water partition coefficient (Wildman–Crippen LogP) is -0.206. The monoisotopic (exact) mass is 220 g/mol. The minimum absolute atomic E-state index is 0.0559. The van der Waals surface area contributed by atoms with Gasteiger partial charge in [-0.1, -0.05) is 0 Å². The Morgan fingerprint density at radius 2 is 2.38 bits per heavy atom. The van der Waals surface area contributed by atoms with Crippen molar-refractivity contribution in [2.24, 2.45) is 0 Å². The fourth-order valence-electron chi connectivity index (χ4n) is 1.46. The van der Waals surface area contributed by atoms with Crippen molar-refractivity contribution < 1.29 is 9.90 Å². The molecule has 0 unspecified atom stereocenters. The maximum absolute atomic E-state index is 11.9. The molecule has 6 nitrogen and oxygen atoms in total. The van der Waals surface area contributed by atoms with Gasteiger partial charge in [-0.05, 0) is 0 Å². The van der Waals surface area contributed by atoms with Crippen molar-refractivity contribution in [3.8, 4) is 0 Å². The molecule has 1 amide bonds. The fraction of sp³-hybridized carbons (Fsp3) is 0.300. The van der Waals surface area contributed by atoms with Gasteiger partial charge in [-0.3, -0.25) is 9.78 Å². The predicted molar refractivity (Wildman–Crippen MR) is 57.0 cm³/mol. The number of fused-ring (bicyclic) bond motifs is 1. The molecule has 2 aromatic rings. The Hall–Kier alpha value is -1.95. The standard InChI is InChI=1S/C10H12N4O2/c1-13(4-5-15)10(16)8-6-12-14-3-2-11-7-9(8)14/h2-3,6-7,15H,4-5H2,1H3. The van der Waals surface area contributed by atoms with E-state index in [1.165, 1.54) is 11.1 Å². The average Bonchev–Trinajstić information content (AvgIpc) is 2.72. The third kappa shape index (κ3) is 1.74. The highest BCUT2D eigenvalue weighted by molar-refractivity contribution is 6.00. The number of carbonyl (C=O) groups is 1. The molecule has 0 fully saturated rings. The molecule has 2 heterocycles. The van der Waals surface area contributed by atoms with Gasteiger partial charge in [0.2, 0.25) is 0 Å². The molecule has 0 aliphatic heterocycles. The molecular formula is C10H12N4O2. The lowest BCUT2D eigenvalue weighted by atomic mass is 10.2. The summed E-state index contributed by atoms with van der Waals surface area (Å²) in [4.78, 5) is 17.3. The summed E-state index contributed by atoms with van der Waals surface area (Å²) in [5, 5.41) is 12.8. The molecule has 2 aromatic heterocycles. The largest absolute Gasteiger partial charge is 0.395 e. The highest BCUT2D eigenvalue weighted by Gasteiger charge is 2.16. The minimum Gasteiger partial charge on any atom is -0.395 e. The number of aliphatic hydroxyl groups is 1. The van der Waals surface area contributed by atoms with E-state index in [0.717, 1.165) is 0 Å². The summed E-state index contributed by atoms with van der Waals surface area (Å²) in [7, 11) is 1.64. The number of nitrogens with zero attached hydrogens (tertiary/aromatic N) is 4. The van der Waals surface area contributed by atoms with E-state index in [1.54, 1.807) is 30.2 Å². The molecule has 16 heavy (non-hydrogen) atoms. The van der Waals surface area contributed by atoms with Crippen LogP contribution in [-0.4, -0.2) is 50.7 Å². The van der Waals surface area contributed by atoms with Crippen LogP contribution in [0.25, 0.3) is 5.52 Å². The Kier molecular flexibility index (Phi) is 2.82. The minimum atomic E-state index is -0.169. The topological polar surface area (TPSA) is 70.7 Å². The van der Waals surface area contributed by atoms with E-state index in [9.17, 15) is 4.79 Å². The zero-order valence-corrected chi connectivity index (χ0v) is 8.87. The molecule has 84 valence electrons. The third-order valence-corrected chi connectivity index (χ3v) is 2.34. The van der Waals surface area contributed by atoms with E-state index < -0.39 is 0 Å². The van der Waals surface area contributed by atoms with E-state index in [1.807, 2.05) is 0 Å².